The van der Waals surface area contributed by atoms with Gasteiger partial charge in [-0.15, -0.1) is 11.3 Å². The fraction of sp³-hybridized carbons (Fsp3) is 0.322. The number of imidazole rings is 4. The predicted molar refractivity (Wildman–Crippen MR) is 470 cm³/mol. The zero-order valence-electron chi connectivity index (χ0n) is 68.9. The van der Waals surface area contributed by atoms with E-state index in [1.54, 1.807) is 85.3 Å². The van der Waals surface area contributed by atoms with Gasteiger partial charge in [0.05, 0.1) is 94.8 Å². The first-order chi connectivity index (χ1) is 61.2. The molecule has 7 aromatic carbocycles. The summed E-state index contributed by atoms with van der Waals surface area (Å²) in [5, 5.41) is 53.3. The number of morpholine rings is 4. The van der Waals surface area contributed by atoms with Crippen molar-refractivity contribution >= 4 is 171 Å². The maximum atomic E-state index is 13.0. The number of anilines is 8. The van der Waals surface area contributed by atoms with E-state index in [2.05, 4.69) is 46.4 Å². The molecular formula is C87H91F2N17O18S2. The van der Waals surface area contributed by atoms with Crippen LogP contribution in [0.1, 0.15) is 83.5 Å². The van der Waals surface area contributed by atoms with E-state index >= 15 is 0 Å². The number of benzene rings is 7. The lowest BCUT2D eigenvalue weighted by atomic mass is 10.1. The number of aliphatic hydroxyl groups excluding tert-OH is 4. The van der Waals surface area contributed by atoms with Gasteiger partial charge in [0.2, 0.25) is 23.8 Å². The van der Waals surface area contributed by atoms with Crippen LogP contribution >= 0.6 is 23.1 Å². The average Bonchev–Trinajstić information content (AvgIpc) is 1.55. The zero-order valence-corrected chi connectivity index (χ0v) is 70.5. The average molecular weight is 1760 g/mol. The smallest absolute Gasteiger partial charge is 0.280 e. The molecule has 0 aliphatic carbocycles. The van der Waals surface area contributed by atoms with Crippen molar-refractivity contribution in [2.75, 3.05) is 159 Å². The number of aliphatic hydroxyl groups is 4. The molecule has 0 bridgehead atoms. The Labute approximate surface area is 726 Å². The van der Waals surface area contributed by atoms with Crippen molar-refractivity contribution in [3.63, 3.8) is 0 Å². The van der Waals surface area contributed by atoms with Gasteiger partial charge < -0.3 is 86.5 Å². The third-order valence-corrected chi connectivity index (χ3v) is 22.4. The highest BCUT2D eigenvalue weighted by molar-refractivity contribution is 7.98. The van der Waals surface area contributed by atoms with E-state index in [0.717, 1.165) is 43.8 Å². The molecule has 6 aromatic heterocycles. The van der Waals surface area contributed by atoms with Crippen molar-refractivity contribution in [1.82, 2.24) is 43.4 Å². The van der Waals surface area contributed by atoms with E-state index in [4.69, 9.17) is 28.2 Å². The van der Waals surface area contributed by atoms with E-state index in [-0.39, 0.29) is 105 Å². The molecule has 17 rings (SSSR count). The number of amides is 8. The highest BCUT2D eigenvalue weighted by Crippen LogP contribution is 2.38. The first kappa shape index (κ1) is 89.3. The van der Waals surface area contributed by atoms with Crippen molar-refractivity contribution < 1.29 is 95.8 Å². The summed E-state index contributed by atoms with van der Waals surface area (Å²) >= 11 is 3.08. The number of halogens is 2. The minimum absolute atomic E-state index is 0.000340. The second-order valence-electron chi connectivity index (χ2n) is 29.1. The molecule has 13 aromatic rings. The molecule has 4 saturated heterocycles. The van der Waals surface area contributed by atoms with Crippen LogP contribution in [-0.4, -0.2) is 229 Å². The molecule has 8 N–H and O–H groups in total. The van der Waals surface area contributed by atoms with Crippen LogP contribution < -0.4 is 45.6 Å². The van der Waals surface area contributed by atoms with Gasteiger partial charge in [-0.2, -0.15) is 11.8 Å². The monoisotopic (exact) mass is 1760 g/mol. The molecule has 126 heavy (non-hydrogen) atoms. The van der Waals surface area contributed by atoms with Gasteiger partial charge in [-0.05, 0) is 140 Å². The second-order valence-corrected chi connectivity index (χ2v) is 31.1. The molecule has 0 radical (unpaired) electrons. The number of fused-ring (bicyclic) bond motifs is 5. The van der Waals surface area contributed by atoms with Crippen LogP contribution in [0.3, 0.4) is 0 Å². The van der Waals surface area contributed by atoms with Crippen LogP contribution in [0.15, 0.2) is 156 Å². The molecule has 0 spiro atoms. The first-order valence-electron chi connectivity index (χ1n) is 40.4. The predicted octanol–water partition coefficient (Wildman–Crippen LogP) is 10.1. The summed E-state index contributed by atoms with van der Waals surface area (Å²) in [6, 6.07) is 43.5. The number of carbonyl (C=O) groups excluding carboxylic acids is 8. The van der Waals surface area contributed by atoms with Crippen LogP contribution in [-0.2, 0) is 70.9 Å². The van der Waals surface area contributed by atoms with Gasteiger partial charge in [0.25, 0.3) is 53.7 Å². The van der Waals surface area contributed by atoms with Crippen molar-refractivity contribution in [2.45, 2.75) is 65.4 Å². The number of aryl methyl sites for hydroxylation is 5. The molecular weight excluding hydrogens is 1670 g/mol. The number of nitrogens with one attached hydrogen (secondary N) is 4. The summed E-state index contributed by atoms with van der Waals surface area (Å²) < 4.78 is 65.8. The van der Waals surface area contributed by atoms with Crippen LogP contribution in [0.25, 0.3) is 54.2 Å². The molecule has 0 saturated carbocycles. The lowest BCUT2D eigenvalue weighted by Crippen LogP contribution is -2.41. The summed E-state index contributed by atoms with van der Waals surface area (Å²) in [4.78, 5) is 126. The number of methoxy groups -OCH3 is 1. The summed E-state index contributed by atoms with van der Waals surface area (Å²) in [6.45, 7) is 7.39. The quantitative estimate of drug-likeness (QED) is 0.0237. The number of carbonyl (C=O) groups is 8. The van der Waals surface area contributed by atoms with Crippen LogP contribution in [0, 0.1) is 6.92 Å². The third kappa shape index (κ3) is 20.8. The number of hydrogen-bond donors (Lipinski definition) is 8. The van der Waals surface area contributed by atoms with E-state index in [1.165, 1.54) is 48.8 Å². The Kier molecular flexibility index (Phi) is 29.6. The van der Waals surface area contributed by atoms with Crippen LogP contribution in [0.5, 0.6) is 5.75 Å². The zero-order chi connectivity index (χ0) is 88.5. The summed E-state index contributed by atoms with van der Waals surface area (Å²) in [5.41, 5.74) is 9.47. The molecule has 8 amide bonds. The van der Waals surface area contributed by atoms with E-state index in [0.29, 0.717) is 188 Å². The van der Waals surface area contributed by atoms with E-state index in [1.807, 2.05) is 98.8 Å². The van der Waals surface area contributed by atoms with Gasteiger partial charge in [0.1, 0.15) is 37.9 Å². The van der Waals surface area contributed by atoms with Gasteiger partial charge >= 0.3 is 0 Å². The molecule has 658 valence electrons. The SMILES string of the molecule is COc1cc2c(cc1N1CCOCC1=O)nc(NC(=O)c1cccc(CO)c1)n2CCCO.CSCCn1c(NC(=O)c2cccc(C(F)F)c2)nc2cc(N3CCOCC3=O)ccc21.Cc1cc(C(=O)Nc2nc3cc(N4CCOCC4=O)ccc3n2CCCO)no1.O=C(Nc1nc2cc(N3CCOCC3=O)ccc2n1CCCO)c1cc2ccccc2s1. The van der Waals surface area contributed by atoms with Gasteiger partial charge in [0, 0.05) is 129 Å². The van der Waals surface area contributed by atoms with Gasteiger partial charge in [0.15, 0.2) is 5.69 Å². The lowest BCUT2D eigenvalue weighted by Gasteiger charge is -2.28. The second kappa shape index (κ2) is 41.7. The van der Waals surface area contributed by atoms with Gasteiger partial charge in [-0.25, -0.2) is 28.7 Å². The molecule has 4 aliphatic rings. The van der Waals surface area contributed by atoms with Crippen LogP contribution in [0.4, 0.5) is 55.3 Å². The first-order valence-corrected chi connectivity index (χ1v) is 42.6. The number of alkyl halides is 2. The molecule has 4 fully saturated rings. The Bertz CT molecular complexity index is 6130. The Balaban J connectivity index is 0.000000136. The molecule has 10 heterocycles. The minimum atomic E-state index is -2.66. The van der Waals surface area contributed by atoms with Gasteiger partial charge in [-0.1, -0.05) is 47.6 Å². The molecule has 0 atom stereocenters. The van der Waals surface area contributed by atoms with Crippen molar-refractivity contribution in [3.05, 3.63) is 190 Å². The largest absolute Gasteiger partial charge is 0.494 e. The number of rotatable bonds is 27. The van der Waals surface area contributed by atoms with Crippen LogP contribution in [0.2, 0.25) is 0 Å². The number of aromatic nitrogens is 9. The Morgan fingerprint density at radius 1 is 0.492 bits per heavy atom. The number of hydrogen-bond acceptors (Lipinski definition) is 25. The van der Waals surface area contributed by atoms with E-state index in [9.17, 15) is 67.6 Å². The topological polar surface area (TPSA) is 422 Å². The highest BCUT2D eigenvalue weighted by atomic mass is 32.2. The lowest BCUT2D eigenvalue weighted by molar-refractivity contribution is -0.126. The molecule has 4 aliphatic heterocycles. The number of thioether (sulfide) groups is 1. The normalized spacial score (nSPS) is 14.3. The fourth-order valence-corrected chi connectivity index (χ4v) is 15.9. The summed E-state index contributed by atoms with van der Waals surface area (Å²) in [7, 11) is 1.53. The van der Waals surface area contributed by atoms with Gasteiger partial charge in [-0.3, -0.25) is 59.6 Å². The Morgan fingerprint density at radius 3 is 1.38 bits per heavy atom. The molecule has 39 heteroatoms. The number of thiophene rings is 1. The summed E-state index contributed by atoms with van der Waals surface area (Å²) in [5.74, 6) is 1.17. The highest BCUT2D eigenvalue weighted by Gasteiger charge is 2.30. The molecule has 35 nitrogen and oxygen atoms in total. The van der Waals surface area contributed by atoms with E-state index < -0.39 is 18.2 Å². The summed E-state index contributed by atoms with van der Waals surface area (Å²) in [6.07, 6.45) is 0.813. The fourth-order valence-electron chi connectivity index (χ4n) is 14.5. The van der Waals surface area contributed by atoms with Crippen molar-refractivity contribution in [3.8, 4) is 5.75 Å². The Hall–Kier alpha value is -13.0. The third-order valence-electron chi connectivity index (χ3n) is 20.7. The van der Waals surface area contributed by atoms with Crippen molar-refractivity contribution in [1.29, 1.82) is 0 Å². The minimum Gasteiger partial charge on any atom is -0.494 e. The number of nitrogens with zero attached hydrogens (tertiary/aromatic N) is 13. The molecule has 0 unspecified atom stereocenters. The maximum absolute atomic E-state index is 13.0. The van der Waals surface area contributed by atoms with Crippen molar-refractivity contribution in [2.24, 2.45) is 0 Å². The maximum Gasteiger partial charge on any atom is 0.280 e. The number of ether oxygens (including phenoxy) is 5. The Morgan fingerprint density at radius 2 is 0.937 bits per heavy atom. The standard InChI is InChI=1S/C23H26N4O6.C23H22N4O4S.C22H22F2N4O3S.C19H21N5O5/c1-32-20-12-18-17(11-19(20)26-7-9-33-14-21(26)30)24-23(27(18)6-3-8-28)25-22(31)16-5-2-4-15(10-16)13-29;28-10-3-8-27-18-7-6-16(26-9-11-31-14-21(26)29)13-17(18)24-23(27)25-22(30)20-12-15-4-1-2-5-19(15)32-20;1-32-10-8-28-18-6-5-16(27-7-9-31-13-19(27)29)12-17(18)25-22(28)26-21(30)15-4-2-3-14(11-15)20(23)24;1-12-9-15(22-29-12)18(27)21-19-20-14-10-13(23-6-8-28-11-17(23)26)3-4-16(14)24(19)5-2-7-25/h2,4-5,10-12,28-29H,3,6-9,13-14H2,1H3,(H,24,25,31);1-2,4-7,12-13,28H,3,8-11,14H2,(H,24,25,30);2-6,11-12,20H,7-10,13H2,1H3,(H,25,26,30);3-4,9-10,25H,2,5-8,11H2,1H3,(H,20,21,27).